The van der Waals surface area contributed by atoms with Gasteiger partial charge in [0.05, 0.1) is 10.6 Å². The highest BCUT2D eigenvalue weighted by atomic mass is 79.9. The van der Waals surface area contributed by atoms with Gasteiger partial charge in [0, 0.05) is 17.3 Å². The summed E-state index contributed by atoms with van der Waals surface area (Å²) < 4.78 is 37.2. The second-order valence-electron chi connectivity index (χ2n) is 2.93. The molecule has 0 fully saturated rings. The number of alkyl halides is 4. The molecule has 0 unspecified atom stereocenters. The van der Waals surface area contributed by atoms with Crippen molar-refractivity contribution >= 4 is 27.5 Å². The van der Waals surface area contributed by atoms with Gasteiger partial charge in [0.25, 0.3) is 0 Å². The maximum Gasteiger partial charge on any atom is 0.416 e. The molecule has 0 spiro atoms. The molecule has 5 heteroatoms. The Hall–Kier alpha value is -0.660. The van der Waals surface area contributed by atoms with Crippen molar-refractivity contribution in [3.63, 3.8) is 0 Å². The Balaban J connectivity index is 3.06. The summed E-state index contributed by atoms with van der Waals surface area (Å²) in [6, 6.07) is 3.12. The van der Waals surface area contributed by atoms with Crippen LogP contribution in [-0.4, -0.2) is 5.33 Å². The van der Waals surface area contributed by atoms with E-state index in [4.69, 9.17) is 11.6 Å². The first kappa shape index (κ1) is 13.4. The highest BCUT2D eigenvalue weighted by Crippen LogP contribution is 2.31. The Morgan fingerprint density at radius 1 is 1.31 bits per heavy atom. The quantitative estimate of drug-likeness (QED) is 0.529. The van der Waals surface area contributed by atoms with E-state index >= 15 is 0 Å². The Morgan fingerprint density at radius 2 is 2.00 bits per heavy atom. The Bertz CT molecular complexity index is 429. The molecule has 0 aliphatic heterocycles. The first-order valence-electron chi connectivity index (χ1n) is 4.36. The highest BCUT2D eigenvalue weighted by Gasteiger charge is 2.30. The largest absolute Gasteiger partial charge is 0.416 e. The van der Waals surface area contributed by atoms with Crippen LogP contribution in [0, 0.1) is 11.8 Å². The molecule has 0 aliphatic rings. The predicted octanol–water partition coefficient (Wildman–Crippen LogP) is 4.50. The number of hydrogen-bond acceptors (Lipinski definition) is 0. The zero-order chi connectivity index (χ0) is 12.2. The van der Waals surface area contributed by atoms with Crippen molar-refractivity contribution in [2.45, 2.75) is 12.6 Å². The van der Waals surface area contributed by atoms with Crippen LogP contribution in [0.3, 0.4) is 0 Å². The van der Waals surface area contributed by atoms with Crippen LogP contribution in [0.2, 0.25) is 5.02 Å². The first-order chi connectivity index (χ1) is 7.45. The second-order valence-corrected chi connectivity index (χ2v) is 4.13. The van der Waals surface area contributed by atoms with Crippen molar-refractivity contribution in [1.29, 1.82) is 0 Å². The minimum Gasteiger partial charge on any atom is -0.166 e. The third kappa shape index (κ3) is 3.73. The molecule has 1 aromatic rings. The monoisotopic (exact) mass is 310 g/mol. The lowest BCUT2D eigenvalue weighted by Crippen LogP contribution is -2.04. The molecule has 0 amide bonds. The third-order valence-corrected chi connectivity index (χ3v) is 2.46. The molecule has 0 saturated heterocycles. The molecule has 0 nitrogen and oxygen atoms in total. The van der Waals surface area contributed by atoms with Crippen LogP contribution in [-0.2, 0) is 6.18 Å². The summed E-state index contributed by atoms with van der Waals surface area (Å²) in [4.78, 5) is 0. The Morgan fingerprint density at radius 3 is 2.56 bits per heavy atom. The summed E-state index contributed by atoms with van der Waals surface area (Å²) in [6.07, 6.45) is -3.80. The summed E-state index contributed by atoms with van der Waals surface area (Å²) in [5, 5.41) is 0.909. The Labute approximate surface area is 105 Å². The first-order valence-corrected chi connectivity index (χ1v) is 5.86. The molecule has 0 saturated carbocycles. The van der Waals surface area contributed by atoms with Gasteiger partial charge in [-0.2, -0.15) is 13.2 Å². The van der Waals surface area contributed by atoms with Crippen molar-refractivity contribution < 1.29 is 13.2 Å². The van der Waals surface area contributed by atoms with Crippen LogP contribution in [0.15, 0.2) is 18.2 Å². The topological polar surface area (TPSA) is 0 Å². The average Bonchev–Trinajstić information content (AvgIpc) is 2.19. The van der Waals surface area contributed by atoms with E-state index < -0.39 is 11.7 Å². The van der Waals surface area contributed by atoms with Crippen LogP contribution in [0.1, 0.15) is 17.5 Å². The number of halogens is 5. The molecule has 0 heterocycles. The number of hydrogen-bond donors (Lipinski definition) is 0. The molecule has 0 aromatic heterocycles. The van der Waals surface area contributed by atoms with Gasteiger partial charge < -0.3 is 0 Å². The highest BCUT2D eigenvalue weighted by molar-refractivity contribution is 9.09. The van der Waals surface area contributed by atoms with E-state index in [2.05, 4.69) is 27.8 Å². The summed E-state index contributed by atoms with van der Waals surface area (Å²) in [7, 11) is 0. The lowest BCUT2D eigenvalue weighted by Gasteiger charge is -2.07. The van der Waals surface area contributed by atoms with Crippen LogP contribution >= 0.6 is 27.5 Å². The van der Waals surface area contributed by atoms with E-state index in [9.17, 15) is 13.2 Å². The maximum absolute atomic E-state index is 12.4. The van der Waals surface area contributed by atoms with Gasteiger partial charge in [-0.05, 0) is 18.2 Å². The molecule has 1 rings (SSSR count). The van der Waals surface area contributed by atoms with Gasteiger partial charge in [-0.3, -0.25) is 0 Å². The zero-order valence-corrected chi connectivity index (χ0v) is 10.4. The third-order valence-electron chi connectivity index (χ3n) is 1.74. The van der Waals surface area contributed by atoms with E-state index in [1.54, 1.807) is 0 Å². The number of benzene rings is 1. The van der Waals surface area contributed by atoms with Crippen LogP contribution in [0.4, 0.5) is 13.2 Å². The molecule has 0 aliphatic carbocycles. The Kier molecular flexibility index (Phi) is 4.69. The van der Waals surface area contributed by atoms with Crippen molar-refractivity contribution in [3.8, 4) is 11.8 Å². The second kappa shape index (κ2) is 5.60. The fourth-order valence-corrected chi connectivity index (χ4v) is 1.37. The standard InChI is InChI=1S/C11H7BrClF3/c12-6-2-1-3-8-7-9(11(14,15)16)4-5-10(8)13/h4-5,7H,2,6H2. The van der Waals surface area contributed by atoms with Crippen molar-refractivity contribution in [1.82, 2.24) is 0 Å². The van der Waals surface area contributed by atoms with Crippen molar-refractivity contribution in [2.75, 3.05) is 5.33 Å². The van der Waals surface area contributed by atoms with Gasteiger partial charge in [0.15, 0.2) is 0 Å². The molecular weight excluding hydrogens is 304 g/mol. The van der Waals surface area contributed by atoms with E-state index in [1.165, 1.54) is 6.07 Å². The lowest BCUT2D eigenvalue weighted by atomic mass is 10.1. The van der Waals surface area contributed by atoms with E-state index in [0.717, 1.165) is 12.1 Å². The van der Waals surface area contributed by atoms with Crippen LogP contribution in [0.25, 0.3) is 0 Å². The van der Waals surface area contributed by atoms with Gasteiger partial charge >= 0.3 is 6.18 Å². The van der Waals surface area contributed by atoms with Gasteiger partial charge in [-0.1, -0.05) is 39.4 Å². The van der Waals surface area contributed by atoms with Crippen molar-refractivity contribution in [2.24, 2.45) is 0 Å². The lowest BCUT2D eigenvalue weighted by molar-refractivity contribution is -0.137. The minimum atomic E-state index is -4.36. The fourth-order valence-electron chi connectivity index (χ4n) is 1.00. The van der Waals surface area contributed by atoms with Gasteiger partial charge in [0.1, 0.15) is 0 Å². The van der Waals surface area contributed by atoms with E-state index in [-0.39, 0.29) is 10.6 Å². The van der Waals surface area contributed by atoms with Crippen LogP contribution < -0.4 is 0 Å². The van der Waals surface area contributed by atoms with Gasteiger partial charge in [-0.15, -0.1) is 0 Å². The molecule has 16 heavy (non-hydrogen) atoms. The molecule has 86 valence electrons. The minimum absolute atomic E-state index is 0.206. The summed E-state index contributed by atoms with van der Waals surface area (Å²) >= 11 is 8.92. The SMILES string of the molecule is FC(F)(F)c1ccc(Cl)c(C#CCCBr)c1. The van der Waals surface area contributed by atoms with Gasteiger partial charge in [-0.25, -0.2) is 0 Å². The summed E-state index contributed by atoms with van der Waals surface area (Å²) in [5.74, 6) is 5.34. The van der Waals surface area contributed by atoms with Crippen molar-refractivity contribution in [3.05, 3.63) is 34.3 Å². The fraction of sp³-hybridized carbons (Fsp3) is 0.273. The van der Waals surface area contributed by atoms with Crippen LogP contribution in [0.5, 0.6) is 0 Å². The van der Waals surface area contributed by atoms with E-state index in [1.807, 2.05) is 0 Å². The van der Waals surface area contributed by atoms with Gasteiger partial charge in [0.2, 0.25) is 0 Å². The number of rotatable bonds is 1. The summed E-state index contributed by atoms with van der Waals surface area (Å²) in [5.41, 5.74) is -0.530. The van der Waals surface area contributed by atoms with E-state index in [0.29, 0.717) is 11.8 Å². The smallest absolute Gasteiger partial charge is 0.166 e. The molecule has 0 radical (unpaired) electrons. The zero-order valence-electron chi connectivity index (χ0n) is 8.04. The molecular formula is C11H7BrClF3. The predicted molar refractivity (Wildman–Crippen MR) is 61.7 cm³/mol. The molecule has 0 bridgehead atoms. The average molecular weight is 312 g/mol. The molecule has 0 N–H and O–H groups in total. The molecule has 0 atom stereocenters. The maximum atomic E-state index is 12.4. The summed E-state index contributed by atoms with van der Waals surface area (Å²) in [6.45, 7) is 0. The molecule has 1 aromatic carbocycles. The normalized spacial score (nSPS) is 10.8.